The second-order valence-corrected chi connectivity index (χ2v) is 7.33. The Hall–Kier alpha value is -2.80. The fraction of sp³-hybridized carbons (Fsp3) is 0.0625. The Morgan fingerprint density at radius 2 is 1.96 bits per heavy atom. The molecule has 23 heavy (non-hydrogen) atoms. The number of aromatic nitrogens is 2. The van der Waals surface area contributed by atoms with Crippen LogP contribution in [0.1, 0.15) is 0 Å². The minimum absolute atomic E-state index is 0.114. The van der Waals surface area contributed by atoms with E-state index in [0.29, 0.717) is 27.6 Å². The summed E-state index contributed by atoms with van der Waals surface area (Å²) < 4.78 is 29.2. The van der Waals surface area contributed by atoms with Gasteiger partial charge in [0.1, 0.15) is 11.1 Å². The SMILES string of the molecule is CS(=O)(=O)c1ccc2[nH]c(O)c(-c3nc4ccccc4o3)c2c1. The fourth-order valence-electron chi connectivity index (χ4n) is 2.58. The van der Waals surface area contributed by atoms with Gasteiger partial charge in [-0.2, -0.15) is 0 Å². The number of sulfone groups is 1. The smallest absolute Gasteiger partial charge is 0.233 e. The lowest BCUT2D eigenvalue weighted by atomic mass is 10.1. The summed E-state index contributed by atoms with van der Waals surface area (Å²) in [6, 6.07) is 11.8. The number of H-pyrrole nitrogens is 1. The highest BCUT2D eigenvalue weighted by Gasteiger charge is 2.20. The van der Waals surface area contributed by atoms with Gasteiger partial charge in [-0.3, -0.25) is 0 Å². The number of benzene rings is 2. The van der Waals surface area contributed by atoms with E-state index in [0.717, 1.165) is 6.26 Å². The third kappa shape index (κ3) is 2.17. The molecule has 2 heterocycles. The van der Waals surface area contributed by atoms with E-state index in [9.17, 15) is 13.5 Å². The lowest BCUT2D eigenvalue weighted by Gasteiger charge is -1.99. The van der Waals surface area contributed by atoms with Gasteiger partial charge < -0.3 is 14.5 Å². The van der Waals surface area contributed by atoms with Gasteiger partial charge in [-0.15, -0.1) is 0 Å². The summed E-state index contributed by atoms with van der Waals surface area (Å²) >= 11 is 0. The van der Waals surface area contributed by atoms with E-state index in [2.05, 4.69) is 9.97 Å². The second kappa shape index (κ2) is 4.60. The minimum Gasteiger partial charge on any atom is -0.494 e. The molecule has 6 nitrogen and oxygen atoms in total. The van der Waals surface area contributed by atoms with Crippen molar-refractivity contribution in [3.05, 3.63) is 42.5 Å². The maximum absolute atomic E-state index is 11.8. The van der Waals surface area contributed by atoms with E-state index < -0.39 is 9.84 Å². The summed E-state index contributed by atoms with van der Waals surface area (Å²) in [6.45, 7) is 0. The largest absolute Gasteiger partial charge is 0.494 e. The molecule has 0 saturated heterocycles. The van der Waals surface area contributed by atoms with E-state index in [-0.39, 0.29) is 16.7 Å². The number of nitrogens with one attached hydrogen (secondary N) is 1. The second-order valence-electron chi connectivity index (χ2n) is 5.31. The Morgan fingerprint density at radius 3 is 2.70 bits per heavy atom. The van der Waals surface area contributed by atoms with Crippen molar-refractivity contribution >= 4 is 31.8 Å². The topological polar surface area (TPSA) is 96.2 Å². The monoisotopic (exact) mass is 328 g/mol. The van der Waals surface area contributed by atoms with Crippen LogP contribution in [0.3, 0.4) is 0 Å². The molecule has 0 amide bonds. The summed E-state index contributed by atoms with van der Waals surface area (Å²) in [5.41, 5.74) is 2.21. The van der Waals surface area contributed by atoms with E-state index in [4.69, 9.17) is 4.42 Å². The first-order chi connectivity index (χ1) is 10.9. The summed E-state index contributed by atoms with van der Waals surface area (Å²) in [4.78, 5) is 7.34. The number of rotatable bonds is 2. The summed E-state index contributed by atoms with van der Waals surface area (Å²) in [5.74, 6) is 0.123. The number of aromatic amines is 1. The van der Waals surface area contributed by atoms with Crippen molar-refractivity contribution in [2.75, 3.05) is 6.26 Å². The highest BCUT2D eigenvalue weighted by atomic mass is 32.2. The molecule has 2 aromatic heterocycles. The van der Waals surface area contributed by atoms with Crippen LogP contribution in [0.5, 0.6) is 5.88 Å². The maximum Gasteiger partial charge on any atom is 0.233 e. The Balaban J connectivity index is 2.03. The van der Waals surface area contributed by atoms with Crippen LogP contribution < -0.4 is 0 Å². The van der Waals surface area contributed by atoms with Crippen molar-refractivity contribution in [2.45, 2.75) is 4.90 Å². The van der Waals surface area contributed by atoms with Gasteiger partial charge in [-0.05, 0) is 30.3 Å². The van der Waals surface area contributed by atoms with Gasteiger partial charge in [0.2, 0.25) is 11.8 Å². The molecule has 4 aromatic rings. The molecule has 0 atom stereocenters. The molecule has 0 unspecified atom stereocenters. The van der Waals surface area contributed by atoms with Gasteiger partial charge >= 0.3 is 0 Å². The predicted octanol–water partition coefficient (Wildman–Crippen LogP) is 3.09. The molecule has 116 valence electrons. The molecule has 0 saturated carbocycles. The lowest BCUT2D eigenvalue weighted by molar-refractivity contribution is 0.457. The first kappa shape index (κ1) is 13.8. The number of aromatic hydroxyl groups is 1. The molecule has 2 N–H and O–H groups in total. The van der Waals surface area contributed by atoms with Crippen molar-refractivity contribution in [3.8, 4) is 17.3 Å². The van der Waals surface area contributed by atoms with Crippen molar-refractivity contribution in [1.82, 2.24) is 9.97 Å². The first-order valence-electron chi connectivity index (χ1n) is 6.84. The highest BCUT2D eigenvalue weighted by Crippen LogP contribution is 2.38. The minimum atomic E-state index is -3.36. The molecule has 0 aliphatic heterocycles. The molecule has 4 rings (SSSR count). The number of oxazole rings is 1. The number of nitrogens with zero attached hydrogens (tertiary/aromatic N) is 1. The molecule has 0 aliphatic rings. The van der Waals surface area contributed by atoms with Crippen LogP contribution in [0.4, 0.5) is 0 Å². The van der Waals surface area contributed by atoms with Crippen LogP contribution in [-0.4, -0.2) is 29.7 Å². The van der Waals surface area contributed by atoms with Crippen LogP contribution in [0.2, 0.25) is 0 Å². The summed E-state index contributed by atoms with van der Waals surface area (Å²) in [7, 11) is -3.36. The maximum atomic E-state index is 11.8. The van der Waals surface area contributed by atoms with E-state index in [1.807, 2.05) is 12.1 Å². The standard InChI is InChI=1S/C16H12N2O4S/c1-23(20,21)9-6-7-11-10(8-9)14(15(19)17-11)16-18-12-4-2-3-5-13(12)22-16/h2-8,17,19H,1H3. The van der Waals surface area contributed by atoms with E-state index in [1.54, 1.807) is 18.2 Å². The number of fused-ring (bicyclic) bond motifs is 2. The Kier molecular flexibility index (Phi) is 2.76. The van der Waals surface area contributed by atoms with Gasteiger partial charge in [-0.25, -0.2) is 13.4 Å². The average molecular weight is 328 g/mol. The Labute approximate surface area is 131 Å². The van der Waals surface area contributed by atoms with Gasteiger partial charge in [0, 0.05) is 17.2 Å². The third-order valence-electron chi connectivity index (χ3n) is 3.69. The van der Waals surface area contributed by atoms with Crippen LogP contribution >= 0.6 is 0 Å². The number of hydrogen-bond acceptors (Lipinski definition) is 5. The zero-order valence-electron chi connectivity index (χ0n) is 12.1. The van der Waals surface area contributed by atoms with Crippen LogP contribution in [-0.2, 0) is 9.84 Å². The van der Waals surface area contributed by atoms with Crippen molar-refractivity contribution < 1.29 is 17.9 Å². The molecule has 7 heteroatoms. The molecular weight excluding hydrogens is 316 g/mol. The van der Waals surface area contributed by atoms with Gasteiger partial charge in [0.05, 0.1) is 4.90 Å². The van der Waals surface area contributed by atoms with Crippen molar-refractivity contribution in [1.29, 1.82) is 0 Å². The lowest BCUT2D eigenvalue weighted by Crippen LogP contribution is -1.96. The van der Waals surface area contributed by atoms with Crippen LogP contribution in [0, 0.1) is 0 Å². The molecule has 0 radical (unpaired) electrons. The average Bonchev–Trinajstić information content (AvgIpc) is 3.04. The Bertz CT molecular complexity index is 1120. The third-order valence-corrected chi connectivity index (χ3v) is 4.80. The normalized spacial score (nSPS) is 12.2. The Morgan fingerprint density at radius 1 is 1.17 bits per heavy atom. The molecule has 0 spiro atoms. The number of hydrogen-bond donors (Lipinski definition) is 2. The van der Waals surface area contributed by atoms with Gasteiger partial charge in [-0.1, -0.05) is 12.1 Å². The number of para-hydroxylation sites is 2. The predicted molar refractivity (Wildman–Crippen MR) is 86.1 cm³/mol. The molecule has 0 fully saturated rings. The quantitative estimate of drug-likeness (QED) is 0.589. The molecule has 0 bridgehead atoms. The van der Waals surface area contributed by atoms with E-state index in [1.165, 1.54) is 12.1 Å². The fourth-order valence-corrected chi connectivity index (χ4v) is 3.23. The highest BCUT2D eigenvalue weighted by molar-refractivity contribution is 7.90. The zero-order valence-corrected chi connectivity index (χ0v) is 12.9. The van der Waals surface area contributed by atoms with Gasteiger partial charge in [0.25, 0.3) is 0 Å². The van der Waals surface area contributed by atoms with Crippen molar-refractivity contribution in [2.24, 2.45) is 0 Å². The van der Waals surface area contributed by atoms with Crippen molar-refractivity contribution in [3.63, 3.8) is 0 Å². The van der Waals surface area contributed by atoms with Crippen LogP contribution in [0.15, 0.2) is 51.8 Å². The summed E-state index contributed by atoms with van der Waals surface area (Å²) in [5, 5.41) is 10.7. The van der Waals surface area contributed by atoms with E-state index >= 15 is 0 Å². The molecule has 0 aliphatic carbocycles. The molecule has 2 aromatic carbocycles. The molecular formula is C16H12N2O4S. The first-order valence-corrected chi connectivity index (χ1v) is 8.73. The van der Waals surface area contributed by atoms with Crippen LogP contribution in [0.25, 0.3) is 33.5 Å². The summed E-state index contributed by atoms with van der Waals surface area (Å²) in [6.07, 6.45) is 1.14. The zero-order chi connectivity index (χ0) is 16.2. The van der Waals surface area contributed by atoms with Gasteiger partial charge in [0.15, 0.2) is 15.4 Å².